The van der Waals surface area contributed by atoms with Gasteiger partial charge < -0.3 is 0 Å². The molecule has 103 valence electrons. The van der Waals surface area contributed by atoms with Gasteiger partial charge in [-0.3, -0.25) is 0 Å². The van der Waals surface area contributed by atoms with Gasteiger partial charge in [-0.15, -0.1) is 0 Å². The van der Waals surface area contributed by atoms with Gasteiger partial charge in [0.05, 0.1) is 0 Å². The molecule has 0 aliphatic rings. The second-order valence-electron chi connectivity index (χ2n) is 4.14. The van der Waals surface area contributed by atoms with E-state index in [0.717, 1.165) is 6.92 Å². The maximum atomic E-state index is 13.6. The third-order valence-corrected chi connectivity index (χ3v) is 2.71. The number of benzene rings is 2. The molecule has 0 aromatic heterocycles. The molecule has 0 nitrogen and oxygen atoms in total. The van der Waals surface area contributed by atoms with E-state index in [0.29, 0.717) is 25.5 Å². The van der Waals surface area contributed by atoms with Crippen molar-refractivity contribution in [3.05, 3.63) is 58.7 Å². The molecule has 0 fully saturated rings. The van der Waals surface area contributed by atoms with Crippen LogP contribution in [0.3, 0.4) is 0 Å². The number of hydrogen-bond donors (Lipinski definition) is 0. The van der Waals surface area contributed by atoms with Crippen LogP contribution >= 0.6 is 0 Å². The van der Waals surface area contributed by atoms with Crippen LogP contribution in [0.15, 0.2) is 18.2 Å². The van der Waals surface area contributed by atoms with Crippen molar-refractivity contribution >= 4 is 18.2 Å². The van der Waals surface area contributed by atoms with Gasteiger partial charge in [-0.2, -0.15) is 0 Å². The summed E-state index contributed by atoms with van der Waals surface area (Å²) >= 11 is 0. The van der Waals surface area contributed by atoms with Gasteiger partial charge in [-0.25, -0.2) is 26.3 Å². The first-order valence-corrected chi connectivity index (χ1v) is 5.44. The fourth-order valence-corrected chi connectivity index (χ4v) is 1.70. The highest BCUT2D eigenvalue weighted by molar-refractivity contribution is 6.67. The lowest BCUT2D eigenvalue weighted by molar-refractivity contribution is 0.497. The summed E-state index contributed by atoms with van der Waals surface area (Å²) in [6.07, 6.45) is 0. The van der Waals surface area contributed by atoms with Crippen LogP contribution in [-0.4, -0.2) is 7.28 Å². The molecule has 1 radical (unpaired) electrons. The van der Waals surface area contributed by atoms with Gasteiger partial charge in [-0.1, -0.05) is 0 Å². The van der Waals surface area contributed by atoms with Gasteiger partial charge in [0.2, 0.25) is 7.28 Å². The van der Waals surface area contributed by atoms with Crippen LogP contribution in [0.25, 0.3) is 0 Å². The third-order valence-electron chi connectivity index (χ3n) is 2.71. The van der Waals surface area contributed by atoms with E-state index in [-0.39, 0.29) is 5.56 Å². The Balaban J connectivity index is 2.54. The zero-order valence-corrected chi connectivity index (χ0v) is 10.1. The molecule has 0 amide bonds. The minimum atomic E-state index is -1.56. The summed E-state index contributed by atoms with van der Waals surface area (Å²) in [5, 5.41) is 0. The lowest BCUT2D eigenvalue weighted by Gasteiger charge is -2.09. The van der Waals surface area contributed by atoms with Gasteiger partial charge >= 0.3 is 0 Å². The summed E-state index contributed by atoms with van der Waals surface area (Å²) in [6, 6.07) is 1.41. The molecule has 0 aliphatic heterocycles. The van der Waals surface area contributed by atoms with Gasteiger partial charge in [0, 0.05) is 12.1 Å². The minimum absolute atomic E-state index is 0.280. The van der Waals surface area contributed by atoms with Gasteiger partial charge in [-0.05, 0) is 29.5 Å². The standard InChI is InChI=1S/C13H6BF6/c1-5-2-7(16)11(13(20)12(5)19)14-10-8(17)3-6(15)4-9(10)18/h2-4H,1H3. The van der Waals surface area contributed by atoms with E-state index in [1.54, 1.807) is 0 Å². The lowest BCUT2D eigenvalue weighted by atomic mass is 9.62. The third kappa shape index (κ3) is 2.52. The minimum Gasteiger partial charge on any atom is -0.207 e. The van der Waals surface area contributed by atoms with Crippen LogP contribution in [0, 0.1) is 41.8 Å². The summed E-state index contributed by atoms with van der Waals surface area (Å²) in [4.78, 5) is 0. The van der Waals surface area contributed by atoms with Crippen molar-refractivity contribution in [1.82, 2.24) is 0 Å². The number of rotatable bonds is 2. The largest absolute Gasteiger partial charge is 0.207 e. The monoisotopic (exact) mass is 287 g/mol. The highest BCUT2D eigenvalue weighted by atomic mass is 19.2. The molecule has 0 N–H and O–H groups in total. The second-order valence-corrected chi connectivity index (χ2v) is 4.14. The van der Waals surface area contributed by atoms with Gasteiger partial charge in [0.1, 0.15) is 23.3 Å². The molecule has 0 saturated carbocycles. The molecule has 0 bridgehead atoms. The van der Waals surface area contributed by atoms with Gasteiger partial charge in [0.25, 0.3) is 0 Å². The molecule has 7 heteroatoms. The summed E-state index contributed by atoms with van der Waals surface area (Å²) in [7, 11) is 0.456. The van der Waals surface area contributed by atoms with Crippen LogP contribution in [-0.2, 0) is 0 Å². The van der Waals surface area contributed by atoms with Crippen LogP contribution in [0.1, 0.15) is 5.56 Å². The highest BCUT2D eigenvalue weighted by Gasteiger charge is 2.21. The summed E-state index contributed by atoms with van der Waals surface area (Å²) in [5.41, 5.74) is -2.07. The maximum Gasteiger partial charge on any atom is 0.207 e. The normalized spacial score (nSPS) is 10.8. The fraction of sp³-hybridized carbons (Fsp3) is 0.0769. The molecule has 0 unspecified atom stereocenters. The van der Waals surface area contributed by atoms with Crippen LogP contribution in [0.2, 0.25) is 0 Å². The summed E-state index contributed by atoms with van der Waals surface area (Å²) in [5.74, 6) is -7.92. The Morgan fingerprint density at radius 3 is 1.75 bits per heavy atom. The van der Waals surface area contributed by atoms with Gasteiger partial charge in [0.15, 0.2) is 11.6 Å². The lowest BCUT2D eigenvalue weighted by Crippen LogP contribution is -2.37. The number of aryl methyl sites for hydroxylation is 1. The SMILES string of the molecule is Cc1cc(F)c([B]c2c(F)cc(F)cc2F)c(F)c1F. The quantitative estimate of drug-likeness (QED) is 0.452. The maximum absolute atomic E-state index is 13.6. The highest BCUT2D eigenvalue weighted by Crippen LogP contribution is 2.12. The molecular weight excluding hydrogens is 281 g/mol. The van der Waals surface area contributed by atoms with E-state index in [1.165, 1.54) is 0 Å². The average molecular weight is 287 g/mol. The Bertz CT molecular complexity index is 660. The molecule has 0 atom stereocenters. The Morgan fingerprint density at radius 1 is 0.700 bits per heavy atom. The number of hydrogen-bond acceptors (Lipinski definition) is 0. The Hall–Kier alpha value is -1.92. The zero-order chi connectivity index (χ0) is 15.0. The molecule has 2 aromatic rings. The smallest absolute Gasteiger partial charge is 0.207 e. The van der Waals surface area contributed by atoms with Crippen molar-refractivity contribution in [3.8, 4) is 0 Å². The molecule has 20 heavy (non-hydrogen) atoms. The summed E-state index contributed by atoms with van der Waals surface area (Å²) in [6.45, 7) is 1.14. The van der Waals surface area contributed by atoms with Crippen LogP contribution < -0.4 is 10.9 Å². The van der Waals surface area contributed by atoms with Crippen molar-refractivity contribution in [3.63, 3.8) is 0 Å². The number of halogens is 6. The first-order valence-electron chi connectivity index (χ1n) is 5.44. The Kier molecular flexibility index (Phi) is 3.79. The first-order chi connectivity index (χ1) is 9.31. The topological polar surface area (TPSA) is 0 Å². The van der Waals surface area contributed by atoms with Crippen molar-refractivity contribution < 1.29 is 26.3 Å². The van der Waals surface area contributed by atoms with E-state index in [4.69, 9.17) is 0 Å². The molecule has 0 saturated heterocycles. The van der Waals surface area contributed by atoms with E-state index in [1.807, 2.05) is 0 Å². The van der Waals surface area contributed by atoms with Crippen LogP contribution in [0.4, 0.5) is 26.3 Å². The van der Waals surface area contributed by atoms with Crippen molar-refractivity contribution in [2.75, 3.05) is 0 Å². The predicted molar refractivity (Wildman–Crippen MR) is 62.4 cm³/mol. The van der Waals surface area contributed by atoms with E-state index >= 15 is 0 Å². The predicted octanol–water partition coefficient (Wildman–Crippen LogP) is 2.48. The second kappa shape index (κ2) is 5.23. The molecule has 0 aliphatic carbocycles. The van der Waals surface area contributed by atoms with Crippen molar-refractivity contribution in [1.29, 1.82) is 0 Å². The first kappa shape index (κ1) is 14.5. The molecular formula is C13H6BF6. The van der Waals surface area contributed by atoms with E-state index in [9.17, 15) is 26.3 Å². The average Bonchev–Trinajstić information content (AvgIpc) is 2.34. The molecule has 0 heterocycles. The van der Waals surface area contributed by atoms with Crippen molar-refractivity contribution in [2.24, 2.45) is 0 Å². The molecule has 2 aromatic carbocycles. The van der Waals surface area contributed by atoms with E-state index in [2.05, 4.69) is 0 Å². The van der Waals surface area contributed by atoms with Crippen LogP contribution in [0.5, 0.6) is 0 Å². The van der Waals surface area contributed by atoms with E-state index < -0.39 is 45.8 Å². The fourth-order valence-electron chi connectivity index (χ4n) is 1.70. The Labute approximate surface area is 111 Å². The van der Waals surface area contributed by atoms with Crippen molar-refractivity contribution in [2.45, 2.75) is 6.92 Å². The molecule has 0 spiro atoms. The zero-order valence-electron chi connectivity index (χ0n) is 10.1. The Morgan fingerprint density at radius 2 is 1.20 bits per heavy atom. The molecule has 2 rings (SSSR count). The summed E-state index contributed by atoms with van der Waals surface area (Å²) < 4.78 is 80.0.